The molecule has 1 aromatic carbocycles. The van der Waals surface area contributed by atoms with Gasteiger partial charge in [-0.3, -0.25) is 0 Å². The van der Waals surface area contributed by atoms with E-state index in [4.69, 9.17) is 16.8 Å². The molecule has 13 heavy (non-hydrogen) atoms. The number of rotatable bonds is 2. The van der Waals surface area contributed by atoms with Crippen LogP contribution in [0.25, 0.3) is 0 Å². The van der Waals surface area contributed by atoms with Gasteiger partial charge in [0.25, 0.3) is 0 Å². The highest BCUT2D eigenvalue weighted by atomic mass is 35.5. The zero-order chi connectivity index (χ0) is 10.0. The van der Waals surface area contributed by atoms with Crippen LogP contribution in [0.3, 0.4) is 0 Å². The van der Waals surface area contributed by atoms with Crippen LogP contribution < -0.4 is 0 Å². The lowest BCUT2D eigenvalue weighted by Crippen LogP contribution is -2.13. The number of hydrogen-bond acceptors (Lipinski definition) is 2. The Balaban J connectivity index is 3.04. The van der Waals surface area contributed by atoms with Crippen molar-refractivity contribution in [2.45, 2.75) is 13.5 Å². The molecule has 0 aliphatic rings. The minimum atomic E-state index is -0.416. The summed E-state index contributed by atoms with van der Waals surface area (Å²) >= 11 is 5.57. The quantitative estimate of drug-likeness (QED) is 0.747. The van der Waals surface area contributed by atoms with Crippen molar-refractivity contribution in [1.82, 2.24) is 5.06 Å². The molecule has 72 valence electrons. The second-order valence-corrected chi connectivity index (χ2v) is 3.37. The summed E-state index contributed by atoms with van der Waals surface area (Å²) in [6.07, 6.45) is 0. The van der Waals surface area contributed by atoms with Crippen molar-refractivity contribution >= 4 is 11.6 Å². The van der Waals surface area contributed by atoms with Crippen molar-refractivity contribution < 1.29 is 9.60 Å². The predicted molar refractivity (Wildman–Crippen MR) is 49.4 cm³/mol. The first-order valence-electron chi connectivity index (χ1n) is 3.86. The van der Waals surface area contributed by atoms with E-state index in [9.17, 15) is 4.39 Å². The van der Waals surface area contributed by atoms with E-state index in [0.717, 1.165) is 10.6 Å². The first-order valence-corrected chi connectivity index (χ1v) is 4.23. The van der Waals surface area contributed by atoms with Crippen LogP contribution in [0, 0.1) is 12.7 Å². The molecule has 0 radical (unpaired) electrons. The average Bonchev–Trinajstić information content (AvgIpc) is 2.06. The Labute approximate surface area is 81.5 Å². The van der Waals surface area contributed by atoms with E-state index in [1.165, 1.54) is 13.1 Å². The standard InChI is InChI=1S/C9H11ClFNO/c1-6-7(5-12(2)13)3-4-8(10)9(6)11/h3-4,13H,5H2,1-2H3. The van der Waals surface area contributed by atoms with Gasteiger partial charge in [0, 0.05) is 13.6 Å². The summed E-state index contributed by atoms with van der Waals surface area (Å²) in [4.78, 5) is 0. The number of halogens is 2. The van der Waals surface area contributed by atoms with Crippen molar-refractivity contribution in [2.24, 2.45) is 0 Å². The van der Waals surface area contributed by atoms with Crippen LogP contribution in [-0.2, 0) is 6.54 Å². The molecular weight excluding hydrogens is 193 g/mol. The highest BCUT2D eigenvalue weighted by Gasteiger charge is 2.08. The molecule has 0 aliphatic carbocycles. The van der Waals surface area contributed by atoms with Crippen molar-refractivity contribution in [3.63, 3.8) is 0 Å². The third kappa shape index (κ3) is 2.40. The maximum Gasteiger partial charge on any atom is 0.145 e. The predicted octanol–water partition coefficient (Wildman–Crippen LogP) is 2.61. The summed E-state index contributed by atoms with van der Waals surface area (Å²) in [5, 5.41) is 10.1. The highest BCUT2D eigenvalue weighted by Crippen LogP contribution is 2.21. The monoisotopic (exact) mass is 203 g/mol. The van der Waals surface area contributed by atoms with Gasteiger partial charge in [-0.2, -0.15) is 5.06 Å². The topological polar surface area (TPSA) is 23.5 Å². The van der Waals surface area contributed by atoms with Gasteiger partial charge in [0.05, 0.1) is 5.02 Å². The number of hydroxylamine groups is 2. The van der Waals surface area contributed by atoms with Gasteiger partial charge in [0.15, 0.2) is 0 Å². The molecule has 1 rings (SSSR count). The molecule has 1 aromatic rings. The normalized spacial score (nSPS) is 10.9. The SMILES string of the molecule is Cc1c(CN(C)O)ccc(Cl)c1F. The fourth-order valence-electron chi connectivity index (χ4n) is 1.11. The maximum absolute atomic E-state index is 13.2. The molecule has 0 aliphatic heterocycles. The van der Waals surface area contributed by atoms with Crippen LogP contribution in [0.1, 0.15) is 11.1 Å². The molecule has 0 bridgehead atoms. The summed E-state index contributed by atoms with van der Waals surface area (Å²) in [6, 6.07) is 3.19. The molecule has 0 saturated heterocycles. The smallest absolute Gasteiger partial charge is 0.145 e. The van der Waals surface area contributed by atoms with E-state index in [-0.39, 0.29) is 5.02 Å². The summed E-state index contributed by atoms with van der Waals surface area (Å²) in [7, 11) is 1.51. The largest absolute Gasteiger partial charge is 0.314 e. The van der Waals surface area contributed by atoms with E-state index in [0.29, 0.717) is 12.1 Å². The average molecular weight is 204 g/mol. The van der Waals surface area contributed by atoms with Crippen LogP contribution >= 0.6 is 11.6 Å². The number of nitrogens with zero attached hydrogens (tertiary/aromatic N) is 1. The molecule has 0 heterocycles. The van der Waals surface area contributed by atoms with Gasteiger partial charge in [-0.15, -0.1) is 0 Å². The van der Waals surface area contributed by atoms with Crippen LogP contribution in [0.5, 0.6) is 0 Å². The van der Waals surface area contributed by atoms with E-state index < -0.39 is 5.82 Å². The fraction of sp³-hybridized carbons (Fsp3) is 0.333. The number of hydrogen-bond donors (Lipinski definition) is 1. The summed E-state index contributed by atoms with van der Waals surface area (Å²) < 4.78 is 13.2. The van der Waals surface area contributed by atoms with Gasteiger partial charge in [-0.25, -0.2) is 4.39 Å². The van der Waals surface area contributed by atoms with Crippen molar-refractivity contribution in [3.8, 4) is 0 Å². The van der Waals surface area contributed by atoms with Gasteiger partial charge in [-0.1, -0.05) is 17.7 Å². The van der Waals surface area contributed by atoms with E-state index in [2.05, 4.69) is 0 Å². The molecule has 0 fully saturated rings. The Kier molecular flexibility index (Phi) is 3.25. The fourth-order valence-corrected chi connectivity index (χ4v) is 1.31. The van der Waals surface area contributed by atoms with Gasteiger partial charge >= 0.3 is 0 Å². The van der Waals surface area contributed by atoms with Gasteiger partial charge < -0.3 is 5.21 Å². The van der Waals surface area contributed by atoms with Crippen LogP contribution in [0.15, 0.2) is 12.1 Å². The minimum Gasteiger partial charge on any atom is -0.314 e. The summed E-state index contributed by atoms with van der Waals surface area (Å²) in [5.41, 5.74) is 1.21. The zero-order valence-corrected chi connectivity index (χ0v) is 8.27. The first-order chi connectivity index (χ1) is 6.02. The van der Waals surface area contributed by atoms with Crippen LogP contribution in [0.4, 0.5) is 4.39 Å². The Hall–Kier alpha value is -0.640. The third-order valence-corrected chi connectivity index (χ3v) is 2.14. The lowest BCUT2D eigenvalue weighted by Gasteiger charge is -2.11. The summed E-state index contributed by atoms with van der Waals surface area (Å²) in [6.45, 7) is 1.93. The zero-order valence-electron chi connectivity index (χ0n) is 7.51. The van der Waals surface area contributed by atoms with E-state index >= 15 is 0 Å². The van der Waals surface area contributed by atoms with Crippen molar-refractivity contribution in [3.05, 3.63) is 34.1 Å². The lowest BCUT2D eigenvalue weighted by atomic mass is 10.1. The third-order valence-electron chi connectivity index (χ3n) is 1.85. The molecule has 0 aromatic heterocycles. The Morgan fingerprint density at radius 1 is 1.54 bits per heavy atom. The van der Waals surface area contributed by atoms with Crippen LogP contribution in [-0.4, -0.2) is 17.3 Å². The molecule has 1 N–H and O–H groups in total. The molecule has 0 spiro atoms. The second-order valence-electron chi connectivity index (χ2n) is 2.96. The summed E-state index contributed by atoms with van der Waals surface area (Å²) in [5.74, 6) is -0.416. The second kappa shape index (κ2) is 4.05. The van der Waals surface area contributed by atoms with Gasteiger partial charge in [0.1, 0.15) is 5.82 Å². The molecule has 4 heteroatoms. The van der Waals surface area contributed by atoms with E-state index in [1.54, 1.807) is 13.0 Å². The Bertz CT molecular complexity index is 315. The van der Waals surface area contributed by atoms with Crippen LogP contribution in [0.2, 0.25) is 5.02 Å². The Morgan fingerprint density at radius 3 is 2.69 bits per heavy atom. The minimum absolute atomic E-state index is 0.113. The molecule has 0 atom stereocenters. The lowest BCUT2D eigenvalue weighted by molar-refractivity contribution is -0.0733. The van der Waals surface area contributed by atoms with Crippen molar-refractivity contribution in [1.29, 1.82) is 0 Å². The molecule has 0 unspecified atom stereocenters. The highest BCUT2D eigenvalue weighted by molar-refractivity contribution is 6.30. The molecule has 0 amide bonds. The Morgan fingerprint density at radius 2 is 2.15 bits per heavy atom. The van der Waals surface area contributed by atoms with Gasteiger partial charge in [0.2, 0.25) is 0 Å². The first kappa shape index (κ1) is 10.4. The number of benzene rings is 1. The van der Waals surface area contributed by atoms with E-state index in [1.807, 2.05) is 0 Å². The van der Waals surface area contributed by atoms with Gasteiger partial charge in [-0.05, 0) is 24.1 Å². The molecule has 0 saturated carbocycles. The molecule has 2 nitrogen and oxygen atoms in total. The van der Waals surface area contributed by atoms with Crippen molar-refractivity contribution in [2.75, 3.05) is 7.05 Å². The maximum atomic E-state index is 13.2. The molecular formula is C9H11ClFNO.